The minimum absolute atomic E-state index is 0.0235. The highest BCUT2D eigenvalue weighted by Crippen LogP contribution is 2.40. The molecule has 0 spiro atoms. The molecule has 3 N–H and O–H groups in total. The van der Waals surface area contributed by atoms with Gasteiger partial charge in [-0.2, -0.15) is 0 Å². The van der Waals surface area contributed by atoms with E-state index in [1.807, 2.05) is 0 Å². The Labute approximate surface area is 172 Å². The van der Waals surface area contributed by atoms with Gasteiger partial charge in [0.1, 0.15) is 18.3 Å². The molecule has 1 aromatic heterocycles. The van der Waals surface area contributed by atoms with Crippen molar-refractivity contribution in [3.63, 3.8) is 0 Å². The summed E-state index contributed by atoms with van der Waals surface area (Å²) >= 11 is 3.20. The van der Waals surface area contributed by atoms with E-state index in [-0.39, 0.29) is 37.0 Å². The zero-order valence-corrected chi connectivity index (χ0v) is 16.5. The van der Waals surface area contributed by atoms with Gasteiger partial charge >= 0.3 is 6.09 Å². The van der Waals surface area contributed by atoms with E-state index in [4.69, 9.17) is 15.2 Å². The van der Waals surface area contributed by atoms with Gasteiger partial charge in [-0.1, -0.05) is 0 Å². The topological polar surface area (TPSA) is 98.8 Å². The minimum Gasteiger partial charge on any atom is -0.391 e. The molecule has 11 heteroatoms. The number of benzene rings is 1. The number of carbonyl (C=O) groups is 1. The van der Waals surface area contributed by atoms with Crippen LogP contribution in [0.5, 0.6) is 5.88 Å². The second-order valence-electron chi connectivity index (χ2n) is 6.15. The van der Waals surface area contributed by atoms with Gasteiger partial charge in [-0.25, -0.2) is 22.9 Å². The maximum atomic E-state index is 14.5. The molecule has 2 heterocycles. The van der Waals surface area contributed by atoms with Crippen molar-refractivity contribution in [2.45, 2.75) is 18.4 Å². The quantitative estimate of drug-likeness (QED) is 0.704. The molecule has 0 unspecified atom stereocenters. The Morgan fingerprint density at radius 3 is 2.83 bits per heavy atom. The number of amides is 1. The molecule has 0 saturated carbocycles. The van der Waals surface area contributed by atoms with Crippen molar-refractivity contribution >= 4 is 33.5 Å². The SMILES string of the molecule is NC1=N[C@@](c2cc(NC(=O)Oc3ccc(Br)cn3)ccc2F)(C(F)F)CCOC1. The summed E-state index contributed by atoms with van der Waals surface area (Å²) in [6.45, 7) is -0.205. The molecule has 1 aliphatic heterocycles. The molecule has 3 rings (SSSR count). The van der Waals surface area contributed by atoms with E-state index in [9.17, 15) is 18.0 Å². The van der Waals surface area contributed by atoms with Gasteiger partial charge in [-0.15, -0.1) is 0 Å². The molecule has 1 aliphatic rings. The van der Waals surface area contributed by atoms with Crippen LogP contribution in [0.2, 0.25) is 0 Å². The molecule has 1 atom stereocenters. The number of nitrogens with two attached hydrogens (primary N) is 1. The van der Waals surface area contributed by atoms with Gasteiger partial charge < -0.3 is 15.2 Å². The standard InChI is InChI=1S/C18H16BrF3N4O3/c19-10-1-4-15(24-8-10)29-17(27)25-11-2-3-13(20)12(7-11)18(16(21)22)5-6-28-9-14(23)26-18/h1-4,7-8,16H,5-6,9H2,(H2,23,26)(H,25,27)/t18-/m0/s1. The third-order valence-electron chi connectivity index (χ3n) is 4.16. The van der Waals surface area contributed by atoms with Gasteiger partial charge in [0.25, 0.3) is 6.43 Å². The lowest BCUT2D eigenvalue weighted by Crippen LogP contribution is -2.36. The zero-order valence-electron chi connectivity index (χ0n) is 14.9. The van der Waals surface area contributed by atoms with Crippen LogP contribution < -0.4 is 15.8 Å². The molecule has 2 aromatic rings. The molecule has 1 amide bonds. The van der Waals surface area contributed by atoms with Crippen LogP contribution in [0.1, 0.15) is 12.0 Å². The molecule has 1 aromatic carbocycles. The van der Waals surface area contributed by atoms with E-state index in [1.165, 1.54) is 18.3 Å². The van der Waals surface area contributed by atoms with Crippen LogP contribution >= 0.6 is 15.9 Å². The summed E-state index contributed by atoms with van der Waals surface area (Å²) in [5.74, 6) is -1.05. The van der Waals surface area contributed by atoms with Crippen LogP contribution in [0.25, 0.3) is 0 Å². The van der Waals surface area contributed by atoms with E-state index in [2.05, 4.69) is 31.2 Å². The predicted octanol–water partition coefficient (Wildman–Crippen LogP) is 3.83. The summed E-state index contributed by atoms with van der Waals surface area (Å²) in [4.78, 5) is 19.8. The summed E-state index contributed by atoms with van der Waals surface area (Å²) in [7, 11) is 0. The number of anilines is 1. The average Bonchev–Trinajstić information content (AvgIpc) is 2.87. The first-order chi connectivity index (χ1) is 13.8. The molecule has 29 heavy (non-hydrogen) atoms. The zero-order chi connectivity index (χ0) is 21.0. The minimum atomic E-state index is -3.05. The monoisotopic (exact) mass is 472 g/mol. The van der Waals surface area contributed by atoms with E-state index >= 15 is 0 Å². The van der Waals surface area contributed by atoms with Crippen molar-refractivity contribution < 1.29 is 27.4 Å². The first kappa shape index (κ1) is 21.1. The highest BCUT2D eigenvalue weighted by Gasteiger charge is 2.45. The normalized spacial score (nSPS) is 19.4. The number of carbonyl (C=O) groups excluding carboxylic acids is 1. The number of alkyl halides is 2. The lowest BCUT2D eigenvalue weighted by atomic mass is 9.87. The maximum Gasteiger partial charge on any atom is 0.418 e. The highest BCUT2D eigenvalue weighted by molar-refractivity contribution is 9.10. The number of ether oxygens (including phenoxy) is 2. The van der Waals surface area contributed by atoms with Gasteiger partial charge in [0.05, 0.1) is 6.61 Å². The van der Waals surface area contributed by atoms with Gasteiger partial charge in [0, 0.05) is 34.4 Å². The fourth-order valence-electron chi connectivity index (χ4n) is 2.82. The van der Waals surface area contributed by atoms with Crippen LogP contribution in [0.15, 0.2) is 46.0 Å². The smallest absolute Gasteiger partial charge is 0.391 e. The predicted molar refractivity (Wildman–Crippen MR) is 103 cm³/mol. The molecule has 0 bridgehead atoms. The van der Waals surface area contributed by atoms with Crippen molar-refractivity contribution in [3.05, 3.63) is 52.4 Å². The van der Waals surface area contributed by atoms with E-state index in [0.717, 1.165) is 12.1 Å². The summed E-state index contributed by atoms with van der Waals surface area (Å²) in [5, 5.41) is 2.36. The molecule has 0 radical (unpaired) electrons. The third-order valence-corrected chi connectivity index (χ3v) is 4.63. The molecule has 0 aliphatic carbocycles. The fraction of sp³-hybridized carbons (Fsp3) is 0.278. The van der Waals surface area contributed by atoms with Crippen LogP contribution in [-0.4, -0.2) is 36.6 Å². The van der Waals surface area contributed by atoms with Crippen molar-refractivity contribution in [2.75, 3.05) is 18.5 Å². The van der Waals surface area contributed by atoms with Crippen molar-refractivity contribution in [1.82, 2.24) is 4.98 Å². The Morgan fingerprint density at radius 2 is 2.14 bits per heavy atom. The third kappa shape index (κ3) is 4.85. The van der Waals surface area contributed by atoms with Crippen LogP contribution in [0.3, 0.4) is 0 Å². The lowest BCUT2D eigenvalue weighted by Gasteiger charge is -2.29. The first-order valence-corrected chi connectivity index (χ1v) is 9.20. The number of pyridine rings is 1. The van der Waals surface area contributed by atoms with Crippen LogP contribution in [-0.2, 0) is 10.3 Å². The number of hydrogen-bond donors (Lipinski definition) is 2. The van der Waals surface area contributed by atoms with Crippen LogP contribution in [0, 0.1) is 5.82 Å². The Kier molecular flexibility index (Phi) is 6.38. The Bertz CT molecular complexity index is 927. The second-order valence-corrected chi connectivity index (χ2v) is 7.07. The van der Waals surface area contributed by atoms with E-state index in [1.54, 1.807) is 6.07 Å². The van der Waals surface area contributed by atoms with Crippen molar-refractivity contribution in [3.8, 4) is 5.88 Å². The van der Waals surface area contributed by atoms with Crippen LogP contribution in [0.4, 0.5) is 23.7 Å². The van der Waals surface area contributed by atoms with Crippen molar-refractivity contribution in [1.29, 1.82) is 0 Å². The highest BCUT2D eigenvalue weighted by atomic mass is 79.9. The number of nitrogens with zero attached hydrogens (tertiary/aromatic N) is 2. The number of hydrogen-bond acceptors (Lipinski definition) is 6. The Hall–Kier alpha value is -2.66. The molecular formula is C18H16BrF3N4O3. The number of nitrogens with one attached hydrogen (secondary N) is 1. The number of aliphatic imine (C=N–C) groups is 1. The van der Waals surface area contributed by atoms with Gasteiger partial charge in [0.15, 0.2) is 5.54 Å². The molecule has 0 fully saturated rings. The lowest BCUT2D eigenvalue weighted by molar-refractivity contribution is 0.0331. The van der Waals surface area contributed by atoms with Gasteiger partial charge in [0.2, 0.25) is 5.88 Å². The second kappa shape index (κ2) is 8.78. The van der Waals surface area contributed by atoms with Gasteiger partial charge in [-0.3, -0.25) is 10.3 Å². The molecule has 154 valence electrons. The summed E-state index contributed by atoms with van der Waals surface area (Å²) in [5.41, 5.74) is 3.04. The molecule has 7 nitrogen and oxygen atoms in total. The Balaban J connectivity index is 1.87. The first-order valence-electron chi connectivity index (χ1n) is 8.40. The summed E-state index contributed by atoms with van der Waals surface area (Å²) < 4.78 is 53.3. The van der Waals surface area contributed by atoms with Crippen molar-refractivity contribution in [2.24, 2.45) is 10.7 Å². The van der Waals surface area contributed by atoms with Gasteiger partial charge in [-0.05, 0) is 40.2 Å². The average molecular weight is 473 g/mol. The van der Waals surface area contributed by atoms with E-state index < -0.39 is 29.4 Å². The number of aromatic nitrogens is 1. The molecule has 0 saturated heterocycles. The summed E-state index contributed by atoms with van der Waals surface area (Å²) in [6, 6.07) is 6.34. The summed E-state index contributed by atoms with van der Waals surface area (Å²) in [6.07, 6.45) is -2.82. The number of halogens is 4. The number of amidine groups is 1. The number of rotatable bonds is 4. The fourth-order valence-corrected chi connectivity index (χ4v) is 3.05. The maximum absolute atomic E-state index is 14.5. The van der Waals surface area contributed by atoms with E-state index in [0.29, 0.717) is 4.47 Å². The largest absolute Gasteiger partial charge is 0.418 e. The Morgan fingerprint density at radius 1 is 1.34 bits per heavy atom. The molecular weight excluding hydrogens is 457 g/mol.